The molecule has 1 aliphatic heterocycles. The summed E-state index contributed by atoms with van der Waals surface area (Å²) in [6.45, 7) is 4.63. The summed E-state index contributed by atoms with van der Waals surface area (Å²) in [7, 11) is 1.66. The first-order valence-corrected chi connectivity index (χ1v) is 7.44. The monoisotopic (exact) mass is 292 g/mol. The van der Waals surface area contributed by atoms with Crippen LogP contribution in [0.1, 0.15) is 18.9 Å². The topological polar surface area (TPSA) is 59.6 Å². The van der Waals surface area contributed by atoms with E-state index in [1.54, 1.807) is 7.11 Å². The normalized spacial score (nSPS) is 21.4. The fourth-order valence-electron chi connectivity index (χ4n) is 2.48. The predicted octanol–water partition coefficient (Wildman–Crippen LogP) is 1.79. The summed E-state index contributed by atoms with van der Waals surface area (Å²) in [6.07, 6.45) is 1.05. The highest BCUT2D eigenvalue weighted by Gasteiger charge is 2.33. The summed E-state index contributed by atoms with van der Waals surface area (Å²) in [5, 5.41) is 6.35. The number of nitrogens with one attached hydrogen (secondary N) is 2. The van der Waals surface area contributed by atoms with Crippen molar-refractivity contribution in [1.82, 2.24) is 5.32 Å². The lowest BCUT2D eigenvalue weighted by atomic mass is 10.0. The van der Waals surface area contributed by atoms with Crippen molar-refractivity contribution in [3.05, 3.63) is 29.8 Å². The van der Waals surface area contributed by atoms with Crippen molar-refractivity contribution in [2.45, 2.75) is 26.0 Å². The molecule has 1 fully saturated rings. The van der Waals surface area contributed by atoms with Crippen molar-refractivity contribution >= 4 is 11.6 Å². The molecule has 1 saturated heterocycles. The van der Waals surface area contributed by atoms with Gasteiger partial charge in [-0.15, -0.1) is 0 Å². The lowest BCUT2D eigenvalue weighted by Crippen LogP contribution is -2.41. The summed E-state index contributed by atoms with van der Waals surface area (Å²) < 4.78 is 10.6. The lowest BCUT2D eigenvalue weighted by molar-refractivity contribution is -0.120. The number of amides is 1. The number of hydrogen-bond donors (Lipinski definition) is 2. The van der Waals surface area contributed by atoms with Gasteiger partial charge in [0.1, 0.15) is 0 Å². The molecule has 0 aliphatic carbocycles. The number of carbonyl (C=O) groups is 1. The zero-order valence-electron chi connectivity index (χ0n) is 12.7. The molecule has 1 aliphatic rings. The van der Waals surface area contributed by atoms with Crippen LogP contribution >= 0.6 is 0 Å². The van der Waals surface area contributed by atoms with Crippen LogP contribution in [0.2, 0.25) is 0 Å². The largest absolute Gasteiger partial charge is 0.380 e. The Bertz CT molecular complexity index is 465. The molecule has 0 saturated carbocycles. The van der Waals surface area contributed by atoms with Crippen molar-refractivity contribution in [1.29, 1.82) is 0 Å². The van der Waals surface area contributed by atoms with E-state index in [1.165, 1.54) is 0 Å². The van der Waals surface area contributed by atoms with Crippen molar-refractivity contribution in [2.75, 3.05) is 32.2 Å². The average Bonchev–Trinajstić information content (AvgIpc) is 2.94. The Labute approximate surface area is 126 Å². The highest BCUT2D eigenvalue weighted by molar-refractivity contribution is 5.93. The van der Waals surface area contributed by atoms with Crippen LogP contribution in [0.15, 0.2) is 24.3 Å². The van der Waals surface area contributed by atoms with Crippen LogP contribution in [-0.4, -0.2) is 38.8 Å². The van der Waals surface area contributed by atoms with Crippen LogP contribution in [0.3, 0.4) is 0 Å². The Balaban J connectivity index is 1.95. The molecular weight excluding hydrogens is 268 g/mol. The van der Waals surface area contributed by atoms with E-state index in [2.05, 4.69) is 17.6 Å². The summed E-state index contributed by atoms with van der Waals surface area (Å²) >= 11 is 0. The quantitative estimate of drug-likeness (QED) is 0.804. The van der Waals surface area contributed by atoms with E-state index < -0.39 is 0 Å². The summed E-state index contributed by atoms with van der Waals surface area (Å²) in [5.41, 5.74) is 1.84. The van der Waals surface area contributed by atoms with Crippen LogP contribution < -0.4 is 10.6 Å². The molecule has 5 heteroatoms. The number of benzene rings is 1. The maximum Gasteiger partial charge on any atom is 0.231 e. The minimum absolute atomic E-state index is 0.00988. The Kier molecular flexibility index (Phi) is 6.17. The van der Waals surface area contributed by atoms with Crippen LogP contribution in [0.4, 0.5) is 5.69 Å². The fraction of sp³-hybridized carbons (Fsp3) is 0.562. The van der Waals surface area contributed by atoms with Crippen molar-refractivity contribution in [3.8, 4) is 0 Å². The number of ether oxygens (including phenoxy) is 2. The van der Waals surface area contributed by atoms with E-state index in [0.29, 0.717) is 19.8 Å². The Hall–Kier alpha value is -1.43. The van der Waals surface area contributed by atoms with Crippen molar-refractivity contribution in [3.63, 3.8) is 0 Å². The third-order valence-electron chi connectivity index (χ3n) is 3.58. The smallest absolute Gasteiger partial charge is 0.231 e. The molecule has 1 aromatic carbocycles. The molecule has 0 aromatic heterocycles. The minimum atomic E-state index is -0.136. The van der Waals surface area contributed by atoms with Gasteiger partial charge in [0.15, 0.2) is 0 Å². The number of rotatable bonds is 7. The van der Waals surface area contributed by atoms with Crippen LogP contribution in [0, 0.1) is 5.92 Å². The lowest BCUT2D eigenvalue weighted by Gasteiger charge is -2.18. The summed E-state index contributed by atoms with van der Waals surface area (Å²) in [4.78, 5) is 12.4. The van der Waals surface area contributed by atoms with Gasteiger partial charge in [0.2, 0.25) is 5.91 Å². The molecule has 1 aromatic rings. The molecule has 2 atom stereocenters. The fourth-order valence-corrected chi connectivity index (χ4v) is 2.48. The molecule has 0 spiro atoms. The number of hydrogen-bond acceptors (Lipinski definition) is 4. The maximum atomic E-state index is 12.4. The minimum Gasteiger partial charge on any atom is -0.380 e. The van der Waals surface area contributed by atoms with E-state index in [1.807, 2.05) is 24.3 Å². The first-order chi connectivity index (χ1) is 10.2. The third-order valence-corrected chi connectivity index (χ3v) is 3.58. The van der Waals surface area contributed by atoms with E-state index >= 15 is 0 Å². The molecule has 2 N–H and O–H groups in total. The van der Waals surface area contributed by atoms with E-state index in [4.69, 9.17) is 9.47 Å². The SMILES string of the molecule is CCCNC1COCC1C(=O)Nc1cccc(COC)c1. The number of carbonyl (C=O) groups excluding carboxylic acids is 1. The molecule has 116 valence electrons. The first kappa shape index (κ1) is 15.9. The molecule has 5 nitrogen and oxygen atoms in total. The van der Waals surface area contributed by atoms with Gasteiger partial charge in [-0.3, -0.25) is 4.79 Å². The molecule has 1 heterocycles. The molecule has 0 bridgehead atoms. The van der Waals surface area contributed by atoms with Gasteiger partial charge in [-0.1, -0.05) is 19.1 Å². The number of methoxy groups -OCH3 is 1. The van der Waals surface area contributed by atoms with Crippen LogP contribution in [0.25, 0.3) is 0 Å². The molecule has 0 radical (unpaired) electrons. The van der Waals surface area contributed by atoms with Gasteiger partial charge >= 0.3 is 0 Å². The Morgan fingerprint density at radius 3 is 3.05 bits per heavy atom. The highest BCUT2D eigenvalue weighted by atomic mass is 16.5. The maximum absolute atomic E-state index is 12.4. The van der Waals surface area contributed by atoms with Gasteiger partial charge < -0.3 is 20.1 Å². The van der Waals surface area contributed by atoms with Gasteiger partial charge in [-0.2, -0.15) is 0 Å². The highest BCUT2D eigenvalue weighted by Crippen LogP contribution is 2.18. The Morgan fingerprint density at radius 1 is 1.43 bits per heavy atom. The van der Waals surface area contributed by atoms with E-state index in [9.17, 15) is 4.79 Å². The third kappa shape index (κ3) is 4.52. The molecule has 2 rings (SSSR count). The molecule has 1 amide bonds. The second kappa shape index (κ2) is 8.12. The van der Waals surface area contributed by atoms with E-state index in [0.717, 1.165) is 24.2 Å². The van der Waals surface area contributed by atoms with E-state index in [-0.39, 0.29) is 17.9 Å². The molecular formula is C16H24N2O3. The van der Waals surface area contributed by atoms with Gasteiger partial charge in [0.05, 0.1) is 25.7 Å². The van der Waals surface area contributed by atoms with Crippen LogP contribution in [0.5, 0.6) is 0 Å². The Morgan fingerprint density at radius 2 is 2.29 bits per heavy atom. The predicted molar refractivity (Wildman–Crippen MR) is 82.2 cm³/mol. The summed E-state index contributed by atoms with van der Waals surface area (Å²) in [5.74, 6) is -0.127. The summed E-state index contributed by atoms with van der Waals surface area (Å²) in [6, 6.07) is 7.82. The standard InChI is InChI=1S/C16H24N2O3/c1-3-7-17-15-11-21-10-14(15)16(19)18-13-6-4-5-12(8-13)9-20-2/h4-6,8,14-15,17H,3,7,9-11H2,1-2H3,(H,18,19). The van der Waals surface area contributed by atoms with Gasteiger partial charge in [-0.25, -0.2) is 0 Å². The van der Waals surface area contributed by atoms with Gasteiger partial charge in [0, 0.05) is 18.8 Å². The van der Waals surface area contributed by atoms with Crippen LogP contribution in [-0.2, 0) is 20.9 Å². The molecule has 21 heavy (non-hydrogen) atoms. The number of anilines is 1. The van der Waals surface area contributed by atoms with Crippen molar-refractivity contribution < 1.29 is 14.3 Å². The first-order valence-electron chi connectivity index (χ1n) is 7.44. The zero-order chi connectivity index (χ0) is 15.1. The average molecular weight is 292 g/mol. The van der Waals surface area contributed by atoms with Gasteiger partial charge in [0.25, 0.3) is 0 Å². The second-order valence-corrected chi connectivity index (χ2v) is 5.33. The van der Waals surface area contributed by atoms with Gasteiger partial charge in [-0.05, 0) is 30.7 Å². The van der Waals surface area contributed by atoms with Crippen molar-refractivity contribution in [2.24, 2.45) is 5.92 Å². The zero-order valence-corrected chi connectivity index (χ0v) is 12.7. The second-order valence-electron chi connectivity index (χ2n) is 5.33. The molecule has 2 unspecified atom stereocenters.